The number of hydrogen-bond acceptors (Lipinski definition) is 1. The molecule has 68 valence electrons. The van der Waals surface area contributed by atoms with E-state index in [4.69, 9.17) is 0 Å². The van der Waals surface area contributed by atoms with Gasteiger partial charge >= 0.3 is 0 Å². The van der Waals surface area contributed by atoms with Crippen LogP contribution >= 0.6 is 0 Å². The Hall–Kier alpha value is -0.300. The third-order valence-corrected chi connectivity index (χ3v) is 1.58. The molecule has 0 aromatic heterocycles. The minimum Gasteiger partial charge on any atom is -0.320 e. The first-order valence-corrected chi connectivity index (χ1v) is 4.44. The Morgan fingerprint density at radius 3 is 2.27 bits per heavy atom. The lowest BCUT2D eigenvalue weighted by Gasteiger charge is -2.05. The Morgan fingerprint density at radius 1 is 1.55 bits per heavy atom. The van der Waals surface area contributed by atoms with Crippen molar-refractivity contribution in [3.63, 3.8) is 0 Å². The normalized spacial score (nSPS) is 11.3. The number of nitrogens with one attached hydrogen (secondary N) is 1. The Morgan fingerprint density at radius 2 is 2.00 bits per heavy atom. The van der Waals surface area contributed by atoms with Gasteiger partial charge in [-0.3, -0.25) is 0 Å². The summed E-state index contributed by atoms with van der Waals surface area (Å²) >= 11 is 0. The van der Waals surface area contributed by atoms with Crippen LogP contribution in [0.4, 0.5) is 0 Å². The smallest absolute Gasteiger partial charge is 0.00494 e. The van der Waals surface area contributed by atoms with Gasteiger partial charge in [0.1, 0.15) is 0 Å². The monoisotopic (exact) mass is 157 g/mol. The van der Waals surface area contributed by atoms with Gasteiger partial charge in [-0.2, -0.15) is 0 Å². The molecule has 0 spiro atoms. The molecule has 0 bridgehead atoms. The molecule has 0 saturated heterocycles. The lowest BCUT2D eigenvalue weighted by Crippen LogP contribution is -2.10. The highest BCUT2D eigenvalue weighted by atomic mass is 14.8. The zero-order valence-corrected chi connectivity index (χ0v) is 8.48. The summed E-state index contributed by atoms with van der Waals surface area (Å²) < 4.78 is 0. The summed E-state index contributed by atoms with van der Waals surface area (Å²) in [6.45, 7) is 10.9. The van der Waals surface area contributed by atoms with Gasteiger partial charge in [0.25, 0.3) is 0 Å². The van der Waals surface area contributed by atoms with Crippen LogP contribution in [0.3, 0.4) is 0 Å². The average molecular weight is 157 g/mol. The maximum atomic E-state index is 3.36. The van der Waals surface area contributed by atoms with E-state index in [0.29, 0.717) is 0 Å². The first-order valence-electron chi connectivity index (χ1n) is 4.44. The molecule has 0 radical (unpaired) electrons. The van der Waals surface area contributed by atoms with Crippen LogP contribution < -0.4 is 5.32 Å². The van der Waals surface area contributed by atoms with Crippen molar-refractivity contribution >= 4 is 0 Å². The molecule has 0 fully saturated rings. The van der Waals surface area contributed by atoms with E-state index in [0.717, 1.165) is 12.5 Å². The first-order chi connectivity index (χ1) is 5.22. The molecule has 1 nitrogen and oxygen atoms in total. The largest absolute Gasteiger partial charge is 0.320 e. The van der Waals surface area contributed by atoms with Crippen LogP contribution in [0, 0.1) is 5.92 Å². The van der Waals surface area contributed by atoms with Crippen molar-refractivity contribution in [3.05, 3.63) is 12.7 Å². The van der Waals surface area contributed by atoms with Gasteiger partial charge in [0, 0.05) is 0 Å². The molecule has 0 aliphatic rings. The van der Waals surface area contributed by atoms with Gasteiger partial charge in [0.05, 0.1) is 0 Å². The standard InChI is InChI=1S/C7H17N.C3H6/c1-4-7(2)5-6-8-3;1-3-2/h7-8H,4-6H2,1-3H3;3H,1H2,2H3. The third kappa shape index (κ3) is 17.7. The van der Waals surface area contributed by atoms with Crippen LogP contribution in [0.2, 0.25) is 0 Å². The average Bonchev–Trinajstić information content (AvgIpc) is 2.02. The lowest BCUT2D eigenvalue weighted by molar-refractivity contribution is 0.503. The van der Waals surface area contributed by atoms with E-state index in [1.165, 1.54) is 12.8 Å². The van der Waals surface area contributed by atoms with Gasteiger partial charge in [-0.25, -0.2) is 0 Å². The highest BCUT2D eigenvalue weighted by Gasteiger charge is 1.94. The minimum atomic E-state index is 0.891. The second-order valence-electron chi connectivity index (χ2n) is 2.81. The molecule has 0 aromatic rings. The van der Waals surface area contributed by atoms with Gasteiger partial charge in [-0.1, -0.05) is 26.3 Å². The third-order valence-electron chi connectivity index (χ3n) is 1.58. The molecule has 1 heteroatoms. The summed E-state index contributed by atoms with van der Waals surface area (Å²) in [5, 5.41) is 3.13. The Labute approximate surface area is 71.9 Å². The van der Waals surface area contributed by atoms with Crippen molar-refractivity contribution in [2.45, 2.75) is 33.6 Å². The number of hydrogen-bond donors (Lipinski definition) is 1. The molecule has 1 unspecified atom stereocenters. The van der Waals surface area contributed by atoms with E-state index in [9.17, 15) is 0 Å². The quantitative estimate of drug-likeness (QED) is 0.619. The molecule has 0 saturated carbocycles. The second-order valence-corrected chi connectivity index (χ2v) is 2.81. The van der Waals surface area contributed by atoms with Crippen LogP contribution in [0.1, 0.15) is 33.6 Å². The van der Waals surface area contributed by atoms with Crippen molar-refractivity contribution in [2.24, 2.45) is 5.92 Å². The van der Waals surface area contributed by atoms with Crippen LogP contribution in [0.25, 0.3) is 0 Å². The summed E-state index contributed by atoms with van der Waals surface area (Å²) in [5.74, 6) is 0.891. The minimum absolute atomic E-state index is 0.891. The highest BCUT2D eigenvalue weighted by molar-refractivity contribution is 4.51. The molecule has 1 N–H and O–H groups in total. The van der Waals surface area contributed by atoms with E-state index in [1.54, 1.807) is 6.08 Å². The SMILES string of the molecule is C=CC.CCC(C)CCNC. The summed E-state index contributed by atoms with van der Waals surface area (Å²) in [5.41, 5.74) is 0. The van der Waals surface area contributed by atoms with Gasteiger partial charge in [-0.05, 0) is 32.9 Å². The predicted molar refractivity (Wildman–Crippen MR) is 53.9 cm³/mol. The second kappa shape index (κ2) is 12.4. The first kappa shape index (κ1) is 13.3. The predicted octanol–water partition coefficient (Wildman–Crippen LogP) is 2.83. The van der Waals surface area contributed by atoms with Crippen molar-refractivity contribution in [3.8, 4) is 0 Å². The maximum Gasteiger partial charge on any atom is -0.00494 e. The fourth-order valence-corrected chi connectivity index (χ4v) is 0.595. The van der Waals surface area contributed by atoms with Crippen LogP contribution in [0.5, 0.6) is 0 Å². The zero-order valence-electron chi connectivity index (χ0n) is 8.48. The van der Waals surface area contributed by atoms with Crippen LogP contribution in [-0.2, 0) is 0 Å². The molecular weight excluding hydrogens is 134 g/mol. The van der Waals surface area contributed by atoms with E-state index in [1.807, 2.05) is 14.0 Å². The molecular formula is C10H23N. The molecule has 0 rings (SSSR count). The Bertz CT molecular complexity index is 69.3. The number of rotatable bonds is 4. The molecule has 0 amide bonds. The zero-order chi connectivity index (χ0) is 9.11. The Kier molecular flexibility index (Phi) is 15.0. The van der Waals surface area contributed by atoms with Gasteiger partial charge in [-0.15, -0.1) is 6.58 Å². The molecule has 0 heterocycles. The highest BCUT2D eigenvalue weighted by Crippen LogP contribution is 2.03. The van der Waals surface area contributed by atoms with Crippen molar-refractivity contribution < 1.29 is 0 Å². The van der Waals surface area contributed by atoms with E-state index >= 15 is 0 Å². The van der Waals surface area contributed by atoms with Gasteiger partial charge < -0.3 is 5.32 Å². The van der Waals surface area contributed by atoms with E-state index in [-0.39, 0.29) is 0 Å². The van der Waals surface area contributed by atoms with E-state index < -0.39 is 0 Å². The molecule has 0 aliphatic heterocycles. The van der Waals surface area contributed by atoms with Crippen molar-refractivity contribution in [1.29, 1.82) is 0 Å². The molecule has 11 heavy (non-hydrogen) atoms. The van der Waals surface area contributed by atoms with Gasteiger partial charge in [0.2, 0.25) is 0 Å². The summed E-state index contributed by atoms with van der Waals surface area (Å²) in [6, 6.07) is 0. The summed E-state index contributed by atoms with van der Waals surface area (Å²) in [6.07, 6.45) is 4.37. The molecule has 1 atom stereocenters. The van der Waals surface area contributed by atoms with Crippen molar-refractivity contribution in [1.82, 2.24) is 5.32 Å². The van der Waals surface area contributed by atoms with Crippen molar-refractivity contribution in [2.75, 3.05) is 13.6 Å². The fraction of sp³-hybridized carbons (Fsp3) is 0.800. The topological polar surface area (TPSA) is 12.0 Å². The van der Waals surface area contributed by atoms with E-state index in [2.05, 4.69) is 25.7 Å². The van der Waals surface area contributed by atoms with Crippen LogP contribution in [0.15, 0.2) is 12.7 Å². The van der Waals surface area contributed by atoms with Gasteiger partial charge in [0.15, 0.2) is 0 Å². The van der Waals surface area contributed by atoms with Crippen LogP contribution in [-0.4, -0.2) is 13.6 Å². The fourth-order valence-electron chi connectivity index (χ4n) is 0.595. The number of allylic oxidation sites excluding steroid dienone is 1. The lowest BCUT2D eigenvalue weighted by atomic mass is 10.1. The summed E-state index contributed by atoms with van der Waals surface area (Å²) in [4.78, 5) is 0. The summed E-state index contributed by atoms with van der Waals surface area (Å²) in [7, 11) is 2.00. The maximum absolute atomic E-state index is 3.36. The Balaban J connectivity index is 0. The molecule has 0 aromatic carbocycles. The molecule has 0 aliphatic carbocycles.